The molecule has 0 radical (unpaired) electrons. The predicted octanol–water partition coefficient (Wildman–Crippen LogP) is 21.4. The zero-order valence-corrected chi connectivity index (χ0v) is 49.9. The van der Waals surface area contributed by atoms with Crippen molar-refractivity contribution in [1.82, 2.24) is 5.32 Å². The second-order valence-corrected chi connectivity index (χ2v) is 23.5. The first-order valence-electron chi connectivity index (χ1n) is 33.8. The summed E-state index contributed by atoms with van der Waals surface area (Å²) in [6.07, 6.45) is 75.7. The summed E-state index contributed by atoms with van der Waals surface area (Å²) in [5.74, 6) is -0.00955. The average molecular weight is 1030 g/mol. The van der Waals surface area contributed by atoms with Crippen molar-refractivity contribution in [2.75, 3.05) is 13.2 Å². The van der Waals surface area contributed by atoms with Crippen LogP contribution in [0.2, 0.25) is 0 Å². The Morgan fingerprint density at radius 3 is 0.836 bits per heavy atom. The maximum Gasteiger partial charge on any atom is 0.305 e. The summed E-state index contributed by atoms with van der Waals surface area (Å²) in [5.41, 5.74) is 0. The van der Waals surface area contributed by atoms with Gasteiger partial charge in [-0.25, -0.2) is 0 Å². The SMILES string of the molecule is CCCCCCCCCCCCCCCCCCCCC(=O)OCCCCCCCCCCCCCCCCCCCCCCCCCCC(=O)NC(CO)C(O)CCCCCCCCCCCCCCCC. The molecule has 0 aliphatic carbocycles. The van der Waals surface area contributed by atoms with Gasteiger partial charge in [-0.1, -0.05) is 354 Å². The number of hydrogen-bond acceptors (Lipinski definition) is 5. The molecule has 0 aromatic heterocycles. The van der Waals surface area contributed by atoms with Gasteiger partial charge in [0.25, 0.3) is 0 Å². The molecule has 73 heavy (non-hydrogen) atoms. The number of nitrogens with one attached hydrogen (secondary N) is 1. The zero-order valence-electron chi connectivity index (χ0n) is 49.9. The van der Waals surface area contributed by atoms with E-state index in [2.05, 4.69) is 19.2 Å². The molecule has 0 spiro atoms. The fourth-order valence-corrected chi connectivity index (χ4v) is 11.0. The van der Waals surface area contributed by atoms with E-state index in [0.717, 1.165) is 38.5 Å². The van der Waals surface area contributed by atoms with E-state index in [0.29, 0.717) is 25.9 Å². The van der Waals surface area contributed by atoms with E-state index in [4.69, 9.17) is 4.74 Å². The molecule has 0 aromatic carbocycles. The molecule has 0 saturated heterocycles. The fraction of sp³-hybridized carbons (Fsp3) is 0.970. The van der Waals surface area contributed by atoms with Gasteiger partial charge in [0.15, 0.2) is 0 Å². The van der Waals surface area contributed by atoms with Gasteiger partial charge in [0.2, 0.25) is 5.91 Å². The second kappa shape index (κ2) is 63.4. The Bertz CT molecular complexity index is 1050. The zero-order chi connectivity index (χ0) is 52.9. The smallest absolute Gasteiger partial charge is 0.305 e. The van der Waals surface area contributed by atoms with E-state index >= 15 is 0 Å². The fourth-order valence-electron chi connectivity index (χ4n) is 11.0. The number of carbonyl (C=O) groups excluding carboxylic acids is 2. The van der Waals surface area contributed by atoms with Crippen molar-refractivity contribution in [3.63, 3.8) is 0 Å². The molecular weight excluding hydrogens is 899 g/mol. The van der Waals surface area contributed by atoms with Gasteiger partial charge in [0.1, 0.15) is 0 Å². The number of unbranched alkanes of at least 4 members (excludes halogenated alkanes) is 53. The molecule has 2 unspecified atom stereocenters. The van der Waals surface area contributed by atoms with Gasteiger partial charge in [-0.2, -0.15) is 0 Å². The summed E-state index contributed by atoms with van der Waals surface area (Å²) in [6, 6.07) is -0.539. The van der Waals surface area contributed by atoms with Crippen LogP contribution in [0.5, 0.6) is 0 Å². The average Bonchev–Trinajstić information content (AvgIpc) is 3.39. The van der Waals surface area contributed by atoms with Gasteiger partial charge >= 0.3 is 5.97 Å². The highest BCUT2D eigenvalue weighted by atomic mass is 16.5. The van der Waals surface area contributed by atoms with Gasteiger partial charge in [-0.05, 0) is 25.7 Å². The highest BCUT2D eigenvalue weighted by molar-refractivity contribution is 5.76. The molecule has 6 nitrogen and oxygen atoms in total. The predicted molar refractivity (Wildman–Crippen MR) is 320 cm³/mol. The Hall–Kier alpha value is -1.14. The minimum Gasteiger partial charge on any atom is -0.466 e. The topological polar surface area (TPSA) is 95.9 Å². The third-order valence-electron chi connectivity index (χ3n) is 16.2. The molecule has 0 aromatic rings. The molecule has 0 aliphatic rings. The van der Waals surface area contributed by atoms with E-state index in [1.54, 1.807) is 0 Å². The van der Waals surface area contributed by atoms with E-state index in [1.807, 2.05) is 0 Å². The number of aliphatic hydroxyl groups is 2. The molecule has 3 N–H and O–H groups in total. The Balaban J connectivity index is 3.32. The van der Waals surface area contributed by atoms with Crippen molar-refractivity contribution in [3.05, 3.63) is 0 Å². The number of hydrogen-bond donors (Lipinski definition) is 3. The lowest BCUT2D eigenvalue weighted by Gasteiger charge is -2.22. The molecule has 0 rings (SSSR count). The largest absolute Gasteiger partial charge is 0.466 e. The normalized spacial score (nSPS) is 12.4. The summed E-state index contributed by atoms with van der Waals surface area (Å²) in [5, 5.41) is 23.3. The van der Waals surface area contributed by atoms with Gasteiger partial charge < -0.3 is 20.3 Å². The number of esters is 1. The molecule has 0 heterocycles. The molecule has 0 saturated carbocycles. The minimum absolute atomic E-state index is 0.0211. The summed E-state index contributed by atoms with van der Waals surface area (Å²) in [4.78, 5) is 24.6. The van der Waals surface area contributed by atoms with E-state index in [1.165, 1.54) is 321 Å². The number of carbonyl (C=O) groups is 2. The van der Waals surface area contributed by atoms with Crippen molar-refractivity contribution >= 4 is 11.9 Å². The van der Waals surface area contributed by atoms with Crippen LogP contribution in [0.15, 0.2) is 0 Å². The molecule has 436 valence electrons. The Kier molecular flexibility index (Phi) is 62.4. The van der Waals surface area contributed by atoms with Crippen LogP contribution in [-0.4, -0.2) is 47.4 Å². The molecule has 6 heteroatoms. The van der Waals surface area contributed by atoms with E-state index in [9.17, 15) is 19.8 Å². The van der Waals surface area contributed by atoms with Crippen molar-refractivity contribution < 1.29 is 24.5 Å². The third-order valence-corrected chi connectivity index (χ3v) is 16.2. The molecule has 1 amide bonds. The molecule has 0 fully saturated rings. The summed E-state index contributed by atoms with van der Waals surface area (Å²) >= 11 is 0. The Morgan fingerprint density at radius 1 is 0.329 bits per heavy atom. The number of ether oxygens (including phenoxy) is 1. The van der Waals surface area contributed by atoms with Crippen LogP contribution < -0.4 is 5.32 Å². The lowest BCUT2D eigenvalue weighted by molar-refractivity contribution is -0.143. The standard InChI is InChI=1S/C67H133NO5/c1-3-5-7-9-11-13-15-17-19-20-30-33-37-41-45-49-53-57-61-67(72)73-62-58-54-50-46-42-38-34-31-28-26-24-22-21-23-25-27-29-32-36-40-44-48-52-56-60-66(71)68-64(63-69)65(70)59-55-51-47-43-39-35-18-16-14-12-10-8-6-4-2/h64-65,69-70H,3-63H2,1-2H3,(H,68,71). The lowest BCUT2D eigenvalue weighted by Crippen LogP contribution is -2.45. The second-order valence-electron chi connectivity index (χ2n) is 23.5. The third kappa shape index (κ3) is 60.0. The van der Waals surface area contributed by atoms with Crippen LogP contribution in [-0.2, 0) is 14.3 Å². The number of amides is 1. The van der Waals surface area contributed by atoms with Crippen molar-refractivity contribution in [3.8, 4) is 0 Å². The van der Waals surface area contributed by atoms with Gasteiger partial charge in [0, 0.05) is 12.8 Å². The highest BCUT2D eigenvalue weighted by Crippen LogP contribution is 2.19. The first-order chi connectivity index (χ1) is 36.0. The summed E-state index contributed by atoms with van der Waals surface area (Å²) in [6.45, 7) is 5.00. The summed E-state index contributed by atoms with van der Waals surface area (Å²) < 4.78 is 5.51. The lowest BCUT2D eigenvalue weighted by atomic mass is 10.0. The monoisotopic (exact) mass is 1030 g/mol. The van der Waals surface area contributed by atoms with Crippen molar-refractivity contribution in [1.29, 1.82) is 0 Å². The van der Waals surface area contributed by atoms with Gasteiger partial charge in [0.05, 0.1) is 25.4 Å². The van der Waals surface area contributed by atoms with Crippen LogP contribution in [0.1, 0.15) is 393 Å². The first-order valence-corrected chi connectivity index (χ1v) is 33.8. The maximum absolute atomic E-state index is 12.5. The quantitative estimate of drug-likeness (QED) is 0.0417. The molecule has 0 aliphatic heterocycles. The highest BCUT2D eigenvalue weighted by Gasteiger charge is 2.20. The molecular formula is C67H133NO5. The number of aliphatic hydroxyl groups excluding tert-OH is 2. The van der Waals surface area contributed by atoms with Crippen LogP contribution in [0.3, 0.4) is 0 Å². The van der Waals surface area contributed by atoms with E-state index < -0.39 is 12.1 Å². The maximum atomic E-state index is 12.5. The summed E-state index contributed by atoms with van der Waals surface area (Å²) in [7, 11) is 0. The van der Waals surface area contributed by atoms with Gasteiger partial charge in [-0.3, -0.25) is 9.59 Å². The molecule has 2 atom stereocenters. The van der Waals surface area contributed by atoms with Crippen LogP contribution >= 0.6 is 0 Å². The van der Waals surface area contributed by atoms with Crippen LogP contribution in [0.25, 0.3) is 0 Å². The van der Waals surface area contributed by atoms with Crippen molar-refractivity contribution in [2.45, 2.75) is 405 Å². The minimum atomic E-state index is -0.662. The van der Waals surface area contributed by atoms with E-state index in [-0.39, 0.29) is 18.5 Å². The Morgan fingerprint density at radius 2 is 0.562 bits per heavy atom. The Labute approximate surface area is 457 Å². The van der Waals surface area contributed by atoms with Gasteiger partial charge in [-0.15, -0.1) is 0 Å². The molecule has 0 bridgehead atoms. The number of rotatable bonds is 64. The first kappa shape index (κ1) is 71.9. The van der Waals surface area contributed by atoms with Crippen LogP contribution in [0.4, 0.5) is 0 Å². The van der Waals surface area contributed by atoms with Crippen LogP contribution in [0, 0.1) is 0 Å². The van der Waals surface area contributed by atoms with Crippen molar-refractivity contribution in [2.24, 2.45) is 0 Å².